The molecule has 3 rings (SSSR count). The molecule has 26 heavy (non-hydrogen) atoms. The van der Waals surface area contributed by atoms with Crippen molar-refractivity contribution in [3.8, 4) is 5.75 Å². The molecule has 0 aromatic heterocycles. The Morgan fingerprint density at radius 1 is 0.846 bits per heavy atom. The van der Waals surface area contributed by atoms with Crippen molar-refractivity contribution in [2.75, 3.05) is 0 Å². The van der Waals surface area contributed by atoms with Gasteiger partial charge in [0, 0.05) is 0 Å². The summed E-state index contributed by atoms with van der Waals surface area (Å²) in [6, 6.07) is 16.5. The normalized spacial score (nSPS) is 14.2. The third-order valence-electron chi connectivity index (χ3n) is 3.62. The van der Waals surface area contributed by atoms with Crippen molar-refractivity contribution < 1.29 is 19.1 Å². The van der Waals surface area contributed by atoms with E-state index in [1.54, 1.807) is 12.2 Å². The summed E-state index contributed by atoms with van der Waals surface area (Å²) in [4.78, 5) is 34.1. The van der Waals surface area contributed by atoms with E-state index in [-0.39, 0.29) is 5.57 Å². The molecule has 1 aliphatic rings. The second-order valence-electron chi connectivity index (χ2n) is 5.52. The molecule has 0 saturated carbocycles. The summed E-state index contributed by atoms with van der Waals surface area (Å²) in [7, 11) is 0. The standard InChI is InChI=1S/C20H16N2O4/c23-18-17(19(24)22-20(25)21-18)8-4-7-14-9-11-16(12-10-14)26-13-15-5-2-1-3-6-15/h1-12H,13H2,(H2,21,22,23,24,25)/b7-4+. The third kappa shape index (κ3) is 4.45. The molecule has 2 aromatic rings. The van der Waals surface area contributed by atoms with E-state index in [1.807, 2.05) is 65.2 Å². The summed E-state index contributed by atoms with van der Waals surface area (Å²) in [5.74, 6) is -0.685. The Hall–Kier alpha value is -3.67. The summed E-state index contributed by atoms with van der Waals surface area (Å²) in [5.41, 5.74) is 1.84. The molecule has 1 aliphatic heterocycles. The lowest BCUT2D eigenvalue weighted by atomic mass is 10.1. The van der Waals surface area contributed by atoms with Gasteiger partial charge in [-0.05, 0) is 29.3 Å². The Morgan fingerprint density at radius 3 is 2.15 bits per heavy atom. The van der Waals surface area contributed by atoms with E-state index >= 15 is 0 Å². The van der Waals surface area contributed by atoms with Gasteiger partial charge >= 0.3 is 6.03 Å². The van der Waals surface area contributed by atoms with E-state index in [2.05, 4.69) is 0 Å². The van der Waals surface area contributed by atoms with Crippen LogP contribution in [0.3, 0.4) is 0 Å². The number of allylic oxidation sites excluding steroid dienone is 2. The Labute approximate surface area is 150 Å². The molecule has 1 heterocycles. The highest BCUT2D eigenvalue weighted by molar-refractivity contribution is 6.29. The van der Waals surface area contributed by atoms with Gasteiger partial charge in [0.25, 0.3) is 11.8 Å². The molecule has 6 nitrogen and oxygen atoms in total. The molecule has 6 heteroatoms. The highest BCUT2D eigenvalue weighted by atomic mass is 16.5. The number of barbiturate groups is 1. The summed E-state index contributed by atoms with van der Waals surface area (Å²) < 4.78 is 5.71. The first kappa shape index (κ1) is 17.2. The molecule has 1 saturated heterocycles. The number of carbonyl (C=O) groups excluding carboxylic acids is 3. The molecule has 0 aliphatic carbocycles. The largest absolute Gasteiger partial charge is 0.489 e. The van der Waals surface area contributed by atoms with E-state index in [1.165, 1.54) is 6.08 Å². The van der Waals surface area contributed by atoms with Gasteiger partial charge < -0.3 is 4.74 Å². The molecular formula is C20H16N2O4. The quantitative estimate of drug-likeness (QED) is 0.642. The van der Waals surface area contributed by atoms with Gasteiger partial charge in [-0.2, -0.15) is 0 Å². The molecule has 2 aromatic carbocycles. The smallest absolute Gasteiger partial charge is 0.328 e. The van der Waals surface area contributed by atoms with Gasteiger partial charge in [0.1, 0.15) is 17.9 Å². The van der Waals surface area contributed by atoms with Gasteiger partial charge in [-0.3, -0.25) is 20.2 Å². The molecule has 2 N–H and O–H groups in total. The van der Waals surface area contributed by atoms with Gasteiger partial charge in [0.2, 0.25) is 0 Å². The highest BCUT2D eigenvalue weighted by Crippen LogP contribution is 2.15. The Bertz CT molecular complexity index is 862. The summed E-state index contributed by atoms with van der Waals surface area (Å²) in [5, 5.41) is 4.03. The van der Waals surface area contributed by atoms with Crippen LogP contribution in [0.5, 0.6) is 5.75 Å². The lowest BCUT2D eigenvalue weighted by Crippen LogP contribution is -2.51. The molecule has 130 valence electrons. The predicted octanol–water partition coefficient (Wildman–Crippen LogP) is 2.57. The lowest BCUT2D eigenvalue weighted by molar-refractivity contribution is -0.124. The summed E-state index contributed by atoms with van der Waals surface area (Å²) in [6.07, 6.45) is 4.67. The number of hydrogen-bond donors (Lipinski definition) is 2. The van der Waals surface area contributed by atoms with Crippen LogP contribution < -0.4 is 15.4 Å². The Balaban J connectivity index is 1.59. The topological polar surface area (TPSA) is 84.5 Å². The maximum Gasteiger partial charge on any atom is 0.328 e. The zero-order valence-corrected chi connectivity index (χ0v) is 13.8. The average Bonchev–Trinajstić information content (AvgIpc) is 2.64. The van der Waals surface area contributed by atoms with Gasteiger partial charge in [0.15, 0.2) is 0 Å². The maximum absolute atomic E-state index is 11.6. The van der Waals surface area contributed by atoms with Crippen LogP contribution in [0, 0.1) is 0 Å². The van der Waals surface area contributed by atoms with E-state index < -0.39 is 17.8 Å². The summed E-state index contributed by atoms with van der Waals surface area (Å²) in [6.45, 7) is 0.491. The van der Waals surface area contributed by atoms with Crippen molar-refractivity contribution >= 4 is 23.9 Å². The summed E-state index contributed by atoms with van der Waals surface area (Å²) >= 11 is 0. The number of benzene rings is 2. The minimum Gasteiger partial charge on any atom is -0.489 e. The zero-order chi connectivity index (χ0) is 18.4. The maximum atomic E-state index is 11.6. The Kier molecular flexibility index (Phi) is 5.24. The second-order valence-corrected chi connectivity index (χ2v) is 5.52. The fourth-order valence-corrected chi connectivity index (χ4v) is 2.30. The number of carbonyl (C=O) groups is 3. The third-order valence-corrected chi connectivity index (χ3v) is 3.62. The van der Waals surface area contributed by atoms with Gasteiger partial charge in [-0.1, -0.05) is 54.6 Å². The fourth-order valence-electron chi connectivity index (χ4n) is 2.30. The number of imide groups is 2. The monoisotopic (exact) mass is 348 g/mol. The first-order valence-corrected chi connectivity index (χ1v) is 7.93. The molecule has 0 unspecified atom stereocenters. The van der Waals surface area contributed by atoms with Crippen LogP contribution in [0.15, 0.2) is 72.3 Å². The van der Waals surface area contributed by atoms with Crippen LogP contribution in [-0.4, -0.2) is 17.8 Å². The van der Waals surface area contributed by atoms with Crippen molar-refractivity contribution in [3.63, 3.8) is 0 Å². The first-order chi connectivity index (χ1) is 12.6. The second kappa shape index (κ2) is 7.94. The SMILES string of the molecule is O=C1NC(=O)C(=C/C=C/c2ccc(OCc3ccccc3)cc2)C(=O)N1. The molecule has 0 spiro atoms. The lowest BCUT2D eigenvalue weighted by Gasteiger charge is -2.12. The molecule has 0 bridgehead atoms. The fraction of sp³-hybridized carbons (Fsp3) is 0.0500. The van der Waals surface area contributed by atoms with E-state index in [0.717, 1.165) is 16.9 Å². The van der Waals surface area contributed by atoms with E-state index in [9.17, 15) is 14.4 Å². The van der Waals surface area contributed by atoms with Crippen LogP contribution in [0.1, 0.15) is 11.1 Å². The highest BCUT2D eigenvalue weighted by Gasteiger charge is 2.26. The van der Waals surface area contributed by atoms with Crippen molar-refractivity contribution in [2.45, 2.75) is 6.61 Å². The van der Waals surface area contributed by atoms with Gasteiger partial charge in [-0.15, -0.1) is 0 Å². The minimum absolute atomic E-state index is 0.122. The zero-order valence-electron chi connectivity index (χ0n) is 13.8. The molecule has 0 radical (unpaired) electrons. The molecular weight excluding hydrogens is 332 g/mol. The van der Waals surface area contributed by atoms with Crippen LogP contribution in [0.2, 0.25) is 0 Å². The van der Waals surface area contributed by atoms with E-state index in [0.29, 0.717) is 6.61 Å². The number of amides is 4. The average molecular weight is 348 g/mol. The van der Waals surface area contributed by atoms with Gasteiger partial charge in [-0.25, -0.2) is 4.79 Å². The van der Waals surface area contributed by atoms with Crippen LogP contribution in [0.4, 0.5) is 4.79 Å². The number of urea groups is 1. The van der Waals surface area contributed by atoms with Crippen LogP contribution >= 0.6 is 0 Å². The van der Waals surface area contributed by atoms with Crippen molar-refractivity contribution in [3.05, 3.63) is 83.4 Å². The van der Waals surface area contributed by atoms with Crippen molar-refractivity contribution in [2.24, 2.45) is 0 Å². The molecule has 0 atom stereocenters. The first-order valence-electron chi connectivity index (χ1n) is 7.93. The van der Waals surface area contributed by atoms with Crippen LogP contribution in [-0.2, 0) is 16.2 Å². The van der Waals surface area contributed by atoms with Crippen molar-refractivity contribution in [1.29, 1.82) is 0 Å². The number of rotatable bonds is 5. The number of hydrogen-bond acceptors (Lipinski definition) is 4. The molecule has 4 amide bonds. The van der Waals surface area contributed by atoms with Crippen LogP contribution in [0.25, 0.3) is 6.08 Å². The number of nitrogens with one attached hydrogen (secondary N) is 2. The van der Waals surface area contributed by atoms with Crippen molar-refractivity contribution in [1.82, 2.24) is 10.6 Å². The van der Waals surface area contributed by atoms with Gasteiger partial charge in [0.05, 0.1) is 0 Å². The minimum atomic E-state index is -0.813. The predicted molar refractivity (Wildman–Crippen MR) is 96.0 cm³/mol. The van der Waals surface area contributed by atoms with E-state index in [4.69, 9.17) is 4.74 Å². The number of ether oxygens (including phenoxy) is 1. The Morgan fingerprint density at radius 2 is 1.50 bits per heavy atom. The molecule has 1 fully saturated rings.